The van der Waals surface area contributed by atoms with Crippen LogP contribution in [0.1, 0.15) is 30.7 Å². The number of thiazole rings is 1. The maximum Gasteiger partial charge on any atom is 0.271 e. The number of amides is 1. The van der Waals surface area contributed by atoms with Gasteiger partial charge in [-0.1, -0.05) is 0 Å². The minimum Gasteiger partial charge on any atom is -0.370 e. The quantitative estimate of drug-likeness (QED) is 0.524. The minimum atomic E-state index is -0.320. The number of ether oxygens (including phenoxy) is 1. The Labute approximate surface area is 179 Å². The molecule has 1 amide bonds. The summed E-state index contributed by atoms with van der Waals surface area (Å²) >= 11 is 2.66. The van der Waals surface area contributed by atoms with Crippen LogP contribution in [0.3, 0.4) is 0 Å². The molecule has 0 unspecified atom stereocenters. The second-order valence-corrected chi connectivity index (χ2v) is 9.80. The van der Waals surface area contributed by atoms with Crippen LogP contribution in [0.15, 0.2) is 22.7 Å². The maximum atomic E-state index is 13.1. The summed E-state index contributed by atoms with van der Waals surface area (Å²) in [4.78, 5) is 39.5. The van der Waals surface area contributed by atoms with E-state index in [1.807, 2.05) is 6.92 Å². The molecular formula is C20H19N5O3S2. The van der Waals surface area contributed by atoms with Crippen molar-refractivity contribution in [2.45, 2.75) is 45.9 Å². The van der Waals surface area contributed by atoms with Gasteiger partial charge < -0.3 is 10.1 Å². The molecule has 0 bridgehead atoms. The summed E-state index contributed by atoms with van der Waals surface area (Å²) in [7, 11) is 0. The van der Waals surface area contributed by atoms with Gasteiger partial charge >= 0.3 is 0 Å². The van der Waals surface area contributed by atoms with E-state index in [2.05, 4.69) is 29.1 Å². The lowest BCUT2D eigenvalue weighted by Gasteiger charge is -2.32. The number of carbonyl (C=O) groups is 1. The Hall–Kier alpha value is -2.69. The zero-order chi connectivity index (χ0) is 21.0. The van der Waals surface area contributed by atoms with E-state index in [1.54, 1.807) is 11.6 Å². The Kier molecular flexibility index (Phi) is 4.46. The first kappa shape index (κ1) is 19.3. The number of hydrogen-bond acceptors (Lipinski definition) is 8. The fourth-order valence-electron chi connectivity index (χ4n) is 3.77. The lowest BCUT2D eigenvalue weighted by Crippen LogP contribution is -2.32. The Bertz CT molecular complexity index is 1350. The number of pyridine rings is 1. The van der Waals surface area contributed by atoms with Crippen molar-refractivity contribution in [3.63, 3.8) is 0 Å². The fourth-order valence-corrected chi connectivity index (χ4v) is 5.47. The van der Waals surface area contributed by atoms with Gasteiger partial charge in [0.15, 0.2) is 5.13 Å². The largest absolute Gasteiger partial charge is 0.370 e. The number of aryl methyl sites for hydroxylation is 1. The number of carbonyl (C=O) groups excluding carboxylic acids is 1. The van der Waals surface area contributed by atoms with Crippen molar-refractivity contribution in [1.29, 1.82) is 0 Å². The van der Waals surface area contributed by atoms with Gasteiger partial charge in [0.25, 0.3) is 5.56 Å². The summed E-state index contributed by atoms with van der Waals surface area (Å²) in [6.45, 7) is 6.48. The van der Waals surface area contributed by atoms with E-state index in [-0.39, 0.29) is 23.6 Å². The van der Waals surface area contributed by atoms with Crippen LogP contribution >= 0.6 is 22.7 Å². The van der Waals surface area contributed by atoms with Gasteiger partial charge in [0.2, 0.25) is 5.91 Å². The molecule has 5 heterocycles. The van der Waals surface area contributed by atoms with Crippen molar-refractivity contribution >= 4 is 54.1 Å². The molecule has 0 aromatic carbocycles. The van der Waals surface area contributed by atoms with Gasteiger partial charge in [-0.3, -0.25) is 14.2 Å². The molecule has 0 atom stereocenters. The van der Waals surface area contributed by atoms with E-state index < -0.39 is 0 Å². The SMILES string of the molecule is Cc1nc2sc3c(=O)n(CC(=O)Nc4nccs4)cnc3c2c2c1COC(C)(C)C2. The predicted molar refractivity (Wildman–Crippen MR) is 117 cm³/mol. The molecule has 8 nitrogen and oxygen atoms in total. The molecule has 154 valence electrons. The van der Waals surface area contributed by atoms with Crippen LogP contribution in [-0.2, 0) is 29.1 Å². The van der Waals surface area contributed by atoms with Crippen LogP contribution < -0.4 is 10.9 Å². The third kappa shape index (κ3) is 3.21. The van der Waals surface area contributed by atoms with Crippen molar-refractivity contribution in [1.82, 2.24) is 19.5 Å². The van der Waals surface area contributed by atoms with Gasteiger partial charge in [-0.25, -0.2) is 15.0 Å². The summed E-state index contributed by atoms with van der Waals surface area (Å²) in [6.07, 6.45) is 3.78. The molecule has 0 saturated heterocycles. The molecule has 0 saturated carbocycles. The van der Waals surface area contributed by atoms with Crippen molar-refractivity contribution in [3.8, 4) is 0 Å². The first-order valence-electron chi connectivity index (χ1n) is 9.46. The summed E-state index contributed by atoms with van der Waals surface area (Å²) < 4.78 is 7.81. The zero-order valence-corrected chi connectivity index (χ0v) is 18.3. The van der Waals surface area contributed by atoms with Crippen molar-refractivity contribution in [2.75, 3.05) is 5.32 Å². The topological polar surface area (TPSA) is 99.0 Å². The van der Waals surface area contributed by atoms with E-state index in [1.165, 1.54) is 33.6 Å². The highest BCUT2D eigenvalue weighted by Crippen LogP contribution is 2.39. The molecule has 4 aromatic rings. The highest BCUT2D eigenvalue weighted by atomic mass is 32.1. The maximum absolute atomic E-state index is 13.1. The Morgan fingerprint density at radius 3 is 2.93 bits per heavy atom. The molecule has 5 rings (SSSR count). The fraction of sp³-hybridized carbons (Fsp3) is 0.350. The molecule has 0 fully saturated rings. The molecule has 0 radical (unpaired) electrons. The number of hydrogen-bond donors (Lipinski definition) is 1. The molecule has 0 aliphatic carbocycles. The molecular weight excluding hydrogens is 422 g/mol. The van der Waals surface area contributed by atoms with Gasteiger partial charge in [-0.2, -0.15) is 0 Å². The number of anilines is 1. The van der Waals surface area contributed by atoms with Crippen LogP contribution in [0.25, 0.3) is 20.4 Å². The Morgan fingerprint density at radius 2 is 2.17 bits per heavy atom. The second kappa shape index (κ2) is 6.93. The van der Waals surface area contributed by atoms with Gasteiger partial charge in [0.1, 0.15) is 16.1 Å². The van der Waals surface area contributed by atoms with Crippen LogP contribution in [0.4, 0.5) is 5.13 Å². The number of rotatable bonds is 3. The number of thiophene rings is 1. The van der Waals surface area contributed by atoms with Gasteiger partial charge in [-0.15, -0.1) is 22.7 Å². The first-order valence-corrected chi connectivity index (χ1v) is 11.2. The van der Waals surface area contributed by atoms with Gasteiger partial charge in [-0.05, 0) is 26.3 Å². The molecule has 4 aromatic heterocycles. The van der Waals surface area contributed by atoms with Crippen LogP contribution in [0, 0.1) is 6.92 Å². The highest BCUT2D eigenvalue weighted by molar-refractivity contribution is 7.25. The lowest BCUT2D eigenvalue weighted by molar-refractivity contribution is -0.116. The van der Waals surface area contributed by atoms with Crippen molar-refractivity contribution in [3.05, 3.63) is 45.1 Å². The summed E-state index contributed by atoms with van der Waals surface area (Å²) in [6, 6.07) is 0. The Balaban J connectivity index is 1.60. The average molecular weight is 442 g/mol. The van der Waals surface area contributed by atoms with Crippen LogP contribution in [0.5, 0.6) is 0 Å². The molecule has 10 heteroatoms. The highest BCUT2D eigenvalue weighted by Gasteiger charge is 2.31. The molecule has 0 spiro atoms. The molecule has 1 aliphatic rings. The third-order valence-corrected chi connectivity index (χ3v) is 6.97. The third-order valence-electron chi connectivity index (χ3n) is 5.22. The second-order valence-electron chi connectivity index (χ2n) is 7.90. The van der Waals surface area contributed by atoms with Crippen molar-refractivity contribution < 1.29 is 9.53 Å². The van der Waals surface area contributed by atoms with E-state index in [4.69, 9.17) is 9.72 Å². The van der Waals surface area contributed by atoms with Crippen LogP contribution in [-0.4, -0.2) is 31.0 Å². The van der Waals surface area contributed by atoms with Crippen LogP contribution in [0.2, 0.25) is 0 Å². The summed E-state index contributed by atoms with van der Waals surface area (Å²) in [5.74, 6) is -0.320. The van der Waals surface area contributed by atoms with E-state index >= 15 is 0 Å². The van der Waals surface area contributed by atoms with Gasteiger partial charge in [0.05, 0.1) is 24.1 Å². The monoisotopic (exact) mass is 441 g/mol. The van der Waals surface area contributed by atoms with E-state index in [9.17, 15) is 9.59 Å². The van der Waals surface area contributed by atoms with E-state index in [0.717, 1.165) is 33.5 Å². The van der Waals surface area contributed by atoms with Crippen molar-refractivity contribution in [2.24, 2.45) is 0 Å². The summed E-state index contributed by atoms with van der Waals surface area (Å²) in [5.41, 5.74) is 3.28. The number of fused-ring (bicyclic) bond motifs is 5. The normalized spacial score (nSPS) is 15.4. The number of nitrogens with zero attached hydrogens (tertiary/aromatic N) is 4. The molecule has 1 aliphatic heterocycles. The summed E-state index contributed by atoms with van der Waals surface area (Å²) in [5, 5.41) is 5.89. The Morgan fingerprint density at radius 1 is 1.33 bits per heavy atom. The smallest absolute Gasteiger partial charge is 0.271 e. The minimum absolute atomic E-state index is 0.124. The standard InChI is InChI=1S/C20H19N5O3S2/c1-10-12-8-28-20(2,3)6-11(12)14-15-16(30-17(14)23-10)18(27)25(9-22-15)7-13(26)24-19-21-4-5-29-19/h4-5,9H,6-8H2,1-3H3,(H,21,24,26). The van der Waals surface area contributed by atoms with Gasteiger partial charge in [0, 0.05) is 34.6 Å². The number of nitrogens with one attached hydrogen (secondary N) is 1. The lowest BCUT2D eigenvalue weighted by atomic mass is 9.89. The molecule has 1 N–H and O–H groups in total. The van der Waals surface area contributed by atoms with E-state index in [0.29, 0.717) is 22.0 Å². The predicted octanol–water partition coefficient (Wildman–Crippen LogP) is 3.26. The molecule has 30 heavy (non-hydrogen) atoms. The number of aromatic nitrogens is 4. The average Bonchev–Trinajstić information content (AvgIpc) is 3.31. The zero-order valence-electron chi connectivity index (χ0n) is 16.7. The first-order chi connectivity index (χ1) is 14.3.